The number of para-hydroxylation sites is 1. The van der Waals surface area contributed by atoms with Crippen LogP contribution in [-0.2, 0) is 4.79 Å². The molecule has 1 fully saturated rings. The predicted octanol–water partition coefficient (Wildman–Crippen LogP) is 3.31. The molecule has 112 valence electrons. The Hall–Kier alpha value is -1.81. The molecule has 0 spiro atoms. The normalized spacial score (nSPS) is 18.8. The van der Waals surface area contributed by atoms with Crippen LogP contribution in [0, 0.1) is 0 Å². The van der Waals surface area contributed by atoms with Crippen LogP contribution in [0.3, 0.4) is 0 Å². The smallest absolute Gasteiger partial charge is 0.223 e. The van der Waals surface area contributed by atoms with E-state index >= 15 is 0 Å². The molecule has 4 nitrogen and oxygen atoms in total. The van der Waals surface area contributed by atoms with Gasteiger partial charge >= 0.3 is 0 Å². The Morgan fingerprint density at radius 2 is 2.10 bits per heavy atom. The topological polar surface area (TPSA) is 62.5 Å². The molecular formula is C17H21NO3. The van der Waals surface area contributed by atoms with Crippen LogP contribution >= 0.6 is 0 Å². The molecule has 2 N–H and O–H groups in total. The number of benzene rings is 1. The molecule has 4 heteroatoms. The molecule has 3 rings (SSSR count). The zero-order valence-corrected chi connectivity index (χ0v) is 12.3. The lowest BCUT2D eigenvalue weighted by atomic mass is 9.97. The number of carbonyl (C=O) groups excluding carboxylic acids is 1. The highest BCUT2D eigenvalue weighted by Gasteiger charge is 2.33. The number of nitrogens with one attached hydrogen (secondary N) is 1. The molecule has 0 radical (unpaired) electrons. The van der Waals surface area contributed by atoms with E-state index in [1.807, 2.05) is 37.3 Å². The fourth-order valence-electron chi connectivity index (χ4n) is 3.09. The molecule has 0 saturated heterocycles. The summed E-state index contributed by atoms with van der Waals surface area (Å²) in [4.78, 5) is 12.1. The van der Waals surface area contributed by atoms with Gasteiger partial charge in [0.25, 0.3) is 0 Å². The second-order valence-electron chi connectivity index (χ2n) is 6.08. The van der Waals surface area contributed by atoms with Crippen LogP contribution in [0.5, 0.6) is 0 Å². The van der Waals surface area contributed by atoms with Crippen LogP contribution in [-0.4, -0.2) is 16.6 Å². The fraction of sp³-hybridized carbons (Fsp3) is 0.471. The number of carbonyl (C=O) groups is 1. The number of amides is 1. The third-order valence-electron chi connectivity index (χ3n) is 4.27. The Balaban J connectivity index is 1.65. The van der Waals surface area contributed by atoms with Gasteiger partial charge in [0, 0.05) is 5.39 Å². The minimum atomic E-state index is -0.808. The highest BCUT2D eigenvalue weighted by atomic mass is 16.3. The molecule has 0 bridgehead atoms. The number of rotatable bonds is 4. The van der Waals surface area contributed by atoms with Crippen molar-refractivity contribution in [3.8, 4) is 0 Å². The molecule has 1 unspecified atom stereocenters. The van der Waals surface area contributed by atoms with Crippen LogP contribution in [0.1, 0.15) is 50.8 Å². The van der Waals surface area contributed by atoms with Crippen molar-refractivity contribution in [1.29, 1.82) is 0 Å². The van der Waals surface area contributed by atoms with Gasteiger partial charge in [0.2, 0.25) is 5.91 Å². The molecule has 0 aliphatic heterocycles. The van der Waals surface area contributed by atoms with Gasteiger partial charge in [-0.05, 0) is 31.9 Å². The van der Waals surface area contributed by atoms with Crippen molar-refractivity contribution in [2.75, 3.05) is 0 Å². The highest BCUT2D eigenvalue weighted by Crippen LogP contribution is 2.32. The van der Waals surface area contributed by atoms with Gasteiger partial charge in [0.05, 0.1) is 18.1 Å². The lowest BCUT2D eigenvalue weighted by Gasteiger charge is -2.22. The molecular weight excluding hydrogens is 266 g/mol. The average Bonchev–Trinajstić information content (AvgIpc) is 3.04. The standard InChI is InChI=1S/C17H21NO3/c1-12(15-10-13-6-2-3-7-14(13)21-15)18-16(19)11-17(20)8-4-5-9-17/h2-3,6-7,10,12,20H,4-5,8-9,11H2,1H3,(H,18,19). The Labute approximate surface area is 124 Å². The van der Waals surface area contributed by atoms with Crippen molar-refractivity contribution in [3.63, 3.8) is 0 Å². The van der Waals surface area contributed by atoms with Crippen LogP contribution < -0.4 is 5.32 Å². The summed E-state index contributed by atoms with van der Waals surface area (Å²) < 4.78 is 5.75. The third-order valence-corrected chi connectivity index (χ3v) is 4.27. The maximum atomic E-state index is 12.1. The van der Waals surface area contributed by atoms with Crippen molar-refractivity contribution in [2.24, 2.45) is 0 Å². The number of hydrogen-bond acceptors (Lipinski definition) is 3. The van der Waals surface area contributed by atoms with Crippen LogP contribution in [0.2, 0.25) is 0 Å². The first-order valence-corrected chi connectivity index (χ1v) is 7.56. The van der Waals surface area contributed by atoms with E-state index in [0.29, 0.717) is 0 Å². The van der Waals surface area contributed by atoms with Crippen LogP contribution in [0.25, 0.3) is 11.0 Å². The Morgan fingerprint density at radius 3 is 2.81 bits per heavy atom. The molecule has 1 heterocycles. The maximum absolute atomic E-state index is 12.1. The number of fused-ring (bicyclic) bond motifs is 1. The van der Waals surface area contributed by atoms with E-state index < -0.39 is 5.60 Å². The van der Waals surface area contributed by atoms with Crippen molar-refractivity contribution in [3.05, 3.63) is 36.1 Å². The van der Waals surface area contributed by atoms with Gasteiger partial charge in [0.1, 0.15) is 11.3 Å². The van der Waals surface area contributed by atoms with E-state index in [-0.39, 0.29) is 18.4 Å². The summed E-state index contributed by atoms with van der Waals surface area (Å²) >= 11 is 0. The van der Waals surface area contributed by atoms with E-state index in [1.165, 1.54) is 0 Å². The first-order chi connectivity index (χ1) is 10.1. The summed E-state index contributed by atoms with van der Waals surface area (Å²) in [5.74, 6) is 0.621. The van der Waals surface area contributed by atoms with Crippen molar-refractivity contribution < 1.29 is 14.3 Å². The number of hydrogen-bond donors (Lipinski definition) is 2. The Morgan fingerprint density at radius 1 is 1.38 bits per heavy atom. The van der Waals surface area contributed by atoms with Crippen LogP contribution in [0.15, 0.2) is 34.7 Å². The Bertz CT molecular complexity index is 607. The monoisotopic (exact) mass is 287 g/mol. The number of furan rings is 1. The summed E-state index contributed by atoms with van der Waals surface area (Å²) in [6, 6.07) is 9.53. The quantitative estimate of drug-likeness (QED) is 0.907. The first-order valence-electron chi connectivity index (χ1n) is 7.56. The number of aliphatic hydroxyl groups is 1. The van der Waals surface area contributed by atoms with Crippen molar-refractivity contribution in [2.45, 2.75) is 50.7 Å². The SMILES string of the molecule is CC(NC(=O)CC1(O)CCCC1)c1cc2ccccc2o1. The van der Waals surface area contributed by atoms with Gasteiger partial charge in [-0.25, -0.2) is 0 Å². The summed E-state index contributed by atoms with van der Waals surface area (Å²) in [5, 5.41) is 14.2. The molecule has 1 aliphatic rings. The maximum Gasteiger partial charge on any atom is 0.223 e. The van der Waals surface area contributed by atoms with Crippen molar-refractivity contribution >= 4 is 16.9 Å². The Kier molecular flexibility index (Phi) is 3.72. The largest absolute Gasteiger partial charge is 0.459 e. The summed E-state index contributed by atoms with van der Waals surface area (Å²) in [6.45, 7) is 1.90. The van der Waals surface area contributed by atoms with E-state index in [4.69, 9.17) is 4.42 Å². The minimum absolute atomic E-state index is 0.118. The molecule has 1 atom stereocenters. The van der Waals surface area contributed by atoms with E-state index in [1.54, 1.807) is 0 Å². The van der Waals surface area contributed by atoms with Gasteiger partial charge in [-0.3, -0.25) is 4.79 Å². The van der Waals surface area contributed by atoms with Crippen molar-refractivity contribution in [1.82, 2.24) is 5.32 Å². The minimum Gasteiger partial charge on any atom is -0.459 e. The third kappa shape index (κ3) is 3.10. The predicted molar refractivity (Wildman–Crippen MR) is 80.8 cm³/mol. The molecule has 1 amide bonds. The molecule has 1 aromatic heterocycles. The van der Waals surface area contributed by atoms with Gasteiger partial charge < -0.3 is 14.8 Å². The zero-order chi connectivity index (χ0) is 14.9. The average molecular weight is 287 g/mol. The van der Waals surface area contributed by atoms with Gasteiger partial charge in [0.15, 0.2) is 0 Å². The summed E-state index contributed by atoms with van der Waals surface area (Å²) in [6.07, 6.45) is 3.63. The molecule has 1 saturated carbocycles. The first kappa shape index (κ1) is 14.1. The lowest BCUT2D eigenvalue weighted by Crippen LogP contribution is -2.35. The summed E-state index contributed by atoms with van der Waals surface area (Å²) in [7, 11) is 0. The van der Waals surface area contributed by atoms with Gasteiger partial charge in [-0.1, -0.05) is 31.0 Å². The lowest BCUT2D eigenvalue weighted by molar-refractivity contribution is -0.126. The fourth-order valence-corrected chi connectivity index (χ4v) is 3.09. The second-order valence-corrected chi connectivity index (χ2v) is 6.08. The zero-order valence-electron chi connectivity index (χ0n) is 12.3. The molecule has 2 aromatic rings. The van der Waals surface area contributed by atoms with Gasteiger partial charge in [-0.2, -0.15) is 0 Å². The van der Waals surface area contributed by atoms with Crippen LogP contribution in [0.4, 0.5) is 0 Å². The molecule has 1 aliphatic carbocycles. The van der Waals surface area contributed by atoms with E-state index in [2.05, 4.69) is 5.32 Å². The second kappa shape index (κ2) is 5.53. The highest BCUT2D eigenvalue weighted by molar-refractivity contribution is 5.79. The van der Waals surface area contributed by atoms with E-state index in [9.17, 15) is 9.90 Å². The molecule has 1 aromatic carbocycles. The summed E-state index contributed by atoms with van der Waals surface area (Å²) in [5.41, 5.74) is 0.0144. The molecule has 21 heavy (non-hydrogen) atoms. The van der Waals surface area contributed by atoms with Gasteiger partial charge in [-0.15, -0.1) is 0 Å². The van der Waals surface area contributed by atoms with E-state index in [0.717, 1.165) is 42.4 Å².